The zero-order chi connectivity index (χ0) is 14.1. The molecule has 0 bridgehead atoms. The molecule has 3 rings (SSSR count). The van der Waals surface area contributed by atoms with Crippen LogP contribution in [0.2, 0.25) is 0 Å². The first-order valence-electron chi connectivity index (χ1n) is 7.34. The number of hydrogen-bond donors (Lipinski definition) is 0. The van der Waals surface area contributed by atoms with E-state index in [2.05, 4.69) is 5.38 Å². The molecule has 2 aliphatic rings. The number of thiophene rings is 1. The molecular weight excluding hydrogens is 272 g/mol. The van der Waals surface area contributed by atoms with Gasteiger partial charge in [-0.3, -0.25) is 9.59 Å². The molecule has 3 heterocycles. The maximum absolute atomic E-state index is 12.7. The Morgan fingerprint density at radius 2 is 2.15 bits per heavy atom. The van der Waals surface area contributed by atoms with Crippen LogP contribution in [0.4, 0.5) is 0 Å². The predicted molar refractivity (Wildman–Crippen MR) is 78.3 cm³/mol. The van der Waals surface area contributed by atoms with E-state index in [-0.39, 0.29) is 23.9 Å². The van der Waals surface area contributed by atoms with Crippen molar-refractivity contribution in [1.82, 2.24) is 9.80 Å². The second-order valence-corrected chi connectivity index (χ2v) is 6.35. The minimum absolute atomic E-state index is 0.141. The topological polar surface area (TPSA) is 40.6 Å². The minimum atomic E-state index is -0.281. The number of rotatable bonds is 3. The zero-order valence-electron chi connectivity index (χ0n) is 11.7. The molecule has 2 aliphatic heterocycles. The summed E-state index contributed by atoms with van der Waals surface area (Å²) in [6, 6.07) is 1.54. The van der Waals surface area contributed by atoms with E-state index < -0.39 is 0 Å². The van der Waals surface area contributed by atoms with Crippen LogP contribution in [0, 0.1) is 0 Å². The molecular formula is C15H20N2O2S. The molecule has 5 heteroatoms. The number of carbonyl (C=O) groups excluding carboxylic acids is 2. The second-order valence-electron chi connectivity index (χ2n) is 5.56. The van der Waals surface area contributed by atoms with E-state index in [0.29, 0.717) is 13.0 Å². The highest BCUT2D eigenvalue weighted by molar-refractivity contribution is 7.07. The third-order valence-corrected chi connectivity index (χ3v) is 5.07. The summed E-state index contributed by atoms with van der Waals surface area (Å²) in [6.45, 7) is 3.30. The summed E-state index contributed by atoms with van der Waals surface area (Å²) in [5, 5.41) is 4.07. The van der Waals surface area contributed by atoms with Crippen LogP contribution >= 0.6 is 11.3 Å². The van der Waals surface area contributed by atoms with E-state index in [0.717, 1.165) is 31.4 Å². The predicted octanol–water partition coefficient (Wildman–Crippen LogP) is 2.25. The summed E-state index contributed by atoms with van der Waals surface area (Å²) in [5.74, 6) is 0.286. The van der Waals surface area contributed by atoms with Crippen LogP contribution in [0.15, 0.2) is 16.8 Å². The Balaban J connectivity index is 1.86. The van der Waals surface area contributed by atoms with Crippen LogP contribution in [0.5, 0.6) is 0 Å². The van der Waals surface area contributed by atoms with E-state index in [9.17, 15) is 9.59 Å². The molecule has 1 aromatic rings. The smallest absolute Gasteiger partial charge is 0.246 e. The number of hydrogen-bond acceptors (Lipinski definition) is 3. The fourth-order valence-corrected chi connectivity index (χ4v) is 3.94. The number of fused-ring (bicyclic) bond motifs is 1. The molecule has 0 aromatic carbocycles. The molecule has 0 saturated carbocycles. The lowest BCUT2D eigenvalue weighted by atomic mass is 9.94. The molecule has 4 nitrogen and oxygen atoms in total. The largest absolute Gasteiger partial charge is 0.329 e. The number of piperazine rings is 1. The van der Waals surface area contributed by atoms with E-state index in [1.54, 1.807) is 16.2 Å². The van der Waals surface area contributed by atoms with Gasteiger partial charge in [0.05, 0.1) is 0 Å². The molecule has 2 fully saturated rings. The minimum Gasteiger partial charge on any atom is -0.329 e. The van der Waals surface area contributed by atoms with Gasteiger partial charge in [-0.25, -0.2) is 0 Å². The molecule has 108 valence electrons. The lowest BCUT2D eigenvalue weighted by Crippen LogP contribution is -2.65. The molecule has 0 aliphatic carbocycles. The Morgan fingerprint density at radius 1 is 1.30 bits per heavy atom. The number of nitrogens with zero attached hydrogens (tertiary/aromatic N) is 2. The molecule has 2 atom stereocenters. The molecule has 2 saturated heterocycles. The number of piperidine rings is 1. The van der Waals surface area contributed by atoms with Crippen LogP contribution < -0.4 is 0 Å². The number of amides is 2. The van der Waals surface area contributed by atoms with Gasteiger partial charge < -0.3 is 9.80 Å². The van der Waals surface area contributed by atoms with Crippen molar-refractivity contribution in [1.29, 1.82) is 0 Å². The molecule has 1 aromatic heterocycles. The second kappa shape index (κ2) is 5.56. The molecule has 20 heavy (non-hydrogen) atoms. The number of carbonyl (C=O) groups is 2. The first-order valence-corrected chi connectivity index (χ1v) is 8.28. The van der Waals surface area contributed by atoms with E-state index >= 15 is 0 Å². The van der Waals surface area contributed by atoms with Crippen molar-refractivity contribution in [2.75, 3.05) is 6.54 Å². The lowest BCUT2D eigenvalue weighted by molar-refractivity contribution is -0.164. The zero-order valence-corrected chi connectivity index (χ0v) is 12.6. The average Bonchev–Trinajstić information content (AvgIpc) is 2.98. The molecule has 0 spiro atoms. The van der Waals surface area contributed by atoms with Crippen LogP contribution in [0.3, 0.4) is 0 Å². The lowest BCUT2D eigenvalue weighted by Gasteiger charge is -2.46. The standard InChI is InChI=1S/C15H20N2O2S/c1-2-12-14(18)16-7-4-3-5-13(16)15(19)17(12)9-11-6-8-20-10-11/h6,8,10,12-13H,2-5,7,9H2,1H3. The summed E-state index contributed by atoms with van der Waals surface area (Å²) in [6.07, 6.45) is 3.58. The van der Waals surface area contributed by atoms with Crippen molar-refractivity contribution in [2.24, 2.45) is 0 Å². The van der Waals surface area contributed by atoms with Crippen LogP contribution in [-0.2, 0) is 16.1 Å². The van der Waals surface area contributed by atoms with Crippen molar-refractivity contribution >= 4 is 23.2 Å². The fraction of sp³-hybridized carbons (Fsp3) is 0.600. The SMILES string of the molecule is CCC1C(=O)N2CCCCC2C(=O)N1Cc1ccsc1. The van der Waals surface area contributed by atoms with Crippen molar-refractivity contribution < 1.29 is 9.59 Å². The summed E-state index contributed by atoms with van der Waals surface area (Å²) in [7, 11) is 0. The van der Waals surface area contributed by atoms with Gasteiger partial charge in [0.25, 0.3) is 0 Å². The van der Waals surface area contributed by atoms with E-state index in [1.807, 2.05) is 23.3 Å². The van der Waals surface area contributed by atoms with Crippen molar-refractivity contribution in [3.63, 3.8) is 0 Å². The maximum Gasteiger partial charge on any atom is 0.246 e. The Morgan fingerprint density at radius 3 is 2.85 bits per heavy atom. The van der Waals surface area contributed by atoms with Gasteiger partial charge in [0.1, 0.15) is 12.1 Å². The summed E-state index contributed by atoms with van der Waals surface area (Å²) < 4.78 is 0. The van der Waals surface area contributed by atoms with Crippen molar-refractivity contribution in [3.05, 3.63) is 22.4 Å². The Kier molecular flexibility index (Phi) is 3.78. The molecule has 0 N–H and O–H groups in total. The van der Waals surface area contributed by atoms with E-state index in [4.69, 9.17) is 0 Å². The van der Waals surface area contributed by atoms with Crippen LogP contribution in [0.1, 0.15) is 38.2 Å². The maximum atomic E-state index is 12.7. The molecule has 2 unspecified atom stereocenters. The van der Waals surface area contributed by atoms with Crippen LogP contribution in [0.25, 0.3) is 0 Å². The Hall–Kier alpha value is -1.36. The summed E-state index contributed by atoms with van der Waals surface area (Å²) in [5.41, 5.74) is 1.12. The van der Waals surface area contributed by atoms with Gasteiger partial charge in [-0.05, 0) is 48.1 Å². The van der Waals surface area contributed by atoms with Gasteiger partial charge in [0, 0.05) is 13.1 Å². The van der Waals surface area contributed by atoms with Crippen LogP contribution in [-0.4, -0.2) is 40.2 Å². The monoisotopic (exact) mass is 292 g/mol. The Bertz CT molecular complexity index is 500. The highest BCUT2D eigenvalue weighted by Crippen LogP contribution is 2.28. The Labute approximate surface area is 123 Å². The average molecular weight is 292 g/mol. The highest BCUT2D eigenvalue weighted by atomic mass is 32.1. The van der Waals surface area contributed by atoms with Gasteiger partial charge in [-0.15, -0.1) is 0 Å². The van der Waals surface area contributed by atoms with E-state index in [1.165, 1.54) is 0 Å². The van der Waals surface area contributed by atoms with Gasteiger partial charge in [0.2, 0.25) is 11.8 Å². The quantitative estimate of drug-likeness (QED) is 0.857. The third-order valence-electron chi connectivity index (χ3n) is 4.34. The van der Waals surface area contributed by atoms with Gasteiger partial charge in [0.15, 0.2) is 0 Å². The first kappa shape index (κ1) is 13.6. The highest BCUT2D eigenvalue weighted by Gasteiger charge is 2.45. The first-order chi connectivity index (χ1) is 9.72. The summed E-state index contributed by atoms with van der Waals surface area (Å²) in [4.78, 5) is 29.0. The third kappa shape index (κ3) is 2.24. The molecule has 0 radical (unpaired) electrons. The van der Waals surface area contributed by atoms with Gasteiger partial charge in [-0.1, -0.05) is 6.92 Å². The fourth-order valence-electron chi connectivity index (χ4n) is 3.28. The summed E-state index contributed by atoms with van der Waals surface area (Å²) >= 11 is 1.63. The molecule has 2 amide bonds. The van der Waals surface area contributed by atoms with Crippen molar-refractivity contribution in [3.8, 4) is 0 Å². The normalized spacial score (nSPS) is 26.9. The van der Waals surface area contributed by atoms with Crippen molar-refractivity contribution in [2.45, 2.75) is 51.2 Å². The van der Waals surface area contributed by atoms with Gasteiger partial charge >= 0.3 is 0 Å². The van der Waals surface area contributed by atoms with Gasteiger partial charge in [-0.2, -0.15) is 11.3 Å².